The zero-order valence-electron chi connectivity index (χ0n) is 11.1. The summed E-state index contributed by atoms with van der Waals surface area (Å²) in [6.45, 7) is 0. The number of hydrogen-bond donors (Lipinski definition) is 2. The number of carbonyl (C=O) groups is 2. The molecular formula is C15H10N2O4S. The van der Waals surface area contributed by atoms with Crippen molar-refractivity contribution in [1.29, 1.82) is 0 Å². The summed E-state index contributed by atoms with van der Waals surface area (Å²) in [5.41, 5.74) is 6.59. The zero-order valence-corrected chi connectivity index (χ0v) is 12.0. The van der Waals surface area contributed by atoms with Crippen LogP contribution in [0.25, 0.3) is 17.4 Å². The van der Waals surface area contributed by atoms with Gasteiger partial charge in [-0.2, -0.15) is 4.99 Å². The predicted molar refractivity (Wildman–Crippen MR) is 83.7 cm³/mol. The molecule has 0 atom stereocenters. The standard InChI is InChI=1S/C15H10N2O4S/c16-13-12(22-15(20)17-13)7-10-5-6-11(21-10)8-1-3-9(4-2-8)14(18)19/h1-7H,(H,18,19)(H2,16,17,20). The Kier molecular flexibility index (Phi) is 3.56. The van der Waals surface area contributed by atoms with Crippen LogP contribution in [0.3, 0.4) is 0 Å². The van der Waals surface area contributed by atoms with Crippen LogP contribution in [-0.4, -0.2) is 22.2 Å². The minimum atomic E-state index is -0.978. The summed E-state index contributed by atoms with van der Waals surface area (Å²) < 4.78 is 5.66. The SMILES string of the molecule is NC1=NC(=O)SC1=Cc1ccc(-c2ccc(C(=O)O)cc2)o1. The summed E-state index contributed by atoms with van der Waals surface area (Å²) in [5, 5.41) is 8.52. The maximum Gasteiger partial charge on any atom is 0.335 e. The topological polar surface area (TPSA) is 106 Å². The van der Waals surface area contributed by atoms with Crippen LogP contribution in [0.5, 0.6) is 0 Å². The Morgan fingerprint density at radius 2 is 1.95 bits per heavy atom. The van der Waals surface area contributed by atoms with Crippen LogP contribution in [0.4, 0.5) is 4.79 Å². The second kappa shape index (κ2) is 5.53. The molecule has 3 rings (SSSR count). The zero-order chi connectivity index (χ0) is 15.7. The number of rotatable bonds is 3. The average Bonchev–Trinajstić information content (AvgIpc) is 3.06. The first-order valence-corrected chi connectivity index (χ1v) is 7.06. The molecule has 22 heavy (non-hydrogen) atoms. The summed E-state index contributed by atoms with van der Waals surface area (Å²) >= 11 is 0.947. The summed E-state index contributed by atoms with van der Waals surface area (Å²) in [7, 11) is 0. The van der Waals surface area contributed by atoms with E-state index >= 15 is 0 Å². The first kappa shape index (κ1) is 14.2. The highest BCUT2D eigenvalue weighted by atomic mass is 32.2. The number of amidine groups is 1. The van der Waals surface area contributed by atoms with Crippen molar-refractivity contribution in [2.24, 2.45) is 10.7 Å². The number of carboxylic acids is 1. The minimum Gasteiger partial charge on any atom is -0.478 e. The van der Waals surface area contributed by atoms with Gasteiger partial charge in [0.25, 0.3) is 0 Å². The summed E-state index contributed by atoms with van der Waals surface area (Å²) in [5.74, 6) is 0.328. The van der Waals surface area contributed by atoms with Gasteiger partial charge >= 0.3 is 11.2 Å². The molecule has 2 aromatic rings. The molecule has 0 saturated heterocycles. The Labute approximate surface area is 129 Å². The molecule has 2 heterocycles. The molecule has 0 radical (unpaired) electrons. The van der Waals surface area contributed by atoms with E-state index in [1.807, 2.05) is 0 Å². The number of nitrogens with zero attached hydrogens (tertiary/aromatic N) is 1. The molecule has 6 nitrogen and oxygen atoms in total. The van der Waals surface area contributed by atoms with Gasteiger partial charge in [-0.1, -0.05) is 12.1 Å². The van der Waals surface area contributed by atoms with E-state index in [2.05, 4.69) is 4.99 Å². The third-order valence-corrected chi connectivity index (χ3v) is 3.79. The molecule has 1 aromatic heterocycles. The number of amides is 1. The highest BCUT2D eigenvalue weighted by Crippen LogP contribution is 2.29. The second-order valence-electron chi connectivity index (χ2n) is 4.46. The van der Waals surface area contributed by atoms with Crippen molar-refractivity contribution < 1.29 is 19.1 Å². The van der Waals surface area contributed by atoms with E-state index in [-0.39, 0.29) is 16.6 Å². The van der Waals surface area contributed by atoms with E-state index in [4.69, 9.17) is 15.3 Å². The number of aromatic carboxylic acids is 1. The summed E-state index contributed by atoms with van der Waals surface area (Å²) in [6, 6.07) is 9.86. The Morgan fingerprint density at radius 3 is 2.55 bits per heavy atom. The van der Waals surface area contributed by atoms with Gasteiger partial charge in [0.05, 0.1) is 10.5 Å². The van der Waals surface area contributed by atoms with Gasteiger partial charge in [-0.3, -0.25) is 4.79 Å². The number of carbonyl (C=O) groups excluding carboxylic acids is 1. The number of thioether (sulfide) groups is 1. The number of aliphatic imine (C=N–C) groups is 1. The van der Waals surface area contributed by atoms with Crippen molar-refractivity contribution in [3.05, 3.63) is 52.6 Å². The van der Waals surface area contributed by atoms with Gasteiger partial charge in [-0.15, -0.1) is 0 Å². The lowest BCUT2D eigenvalue weighted by molar-refractivity contribution is 0.0697. The van der Waals surface area contributed by atoms with Gasteiger partial charge in [-0.25, -0.2) is 4.79 Å². The molecule has 0 bridgehead atoms. The predicted octanol–water partition coefficient (Wildman–Crippen LogP) is 3.21. The lowest BCUT2D eigenvalue weighted by atomic mass is 10.1. The van der Waals surface area contributed by atoms with E-state index < -0.39 is 5.97 Å². The first-order chi connectivity index (χ1) is 10.5. The van der Waals surface area contributed by atoms with Crippen LogP contribution in [0.15, 0.2) is 50.7 Å². The van der Waals surface area contributed by atoms with Crippen molar-refractivity contribution in [3.63, 3.8) is 0 Å². The highest BCUT2D eigenvalue weighted by Gasteiger charge is 2.19. The smallest absolute Gasteiger partial charge is 0.335 e. The van der Waals surface area contributed by atoms with E-state index in [9.17, 15) is 9.59 Å². The maximum absolute atomic E-state index is 11.1. The van der Waals surface area contributed by atoms with E-state index in [0.717, 1.165) is 17.3 Å². The Balaban J connectivity index is 1.85. The second-order valence-corrected chi connectivity index (χ2v) is 5.45. The van der Waals surface area contributed by atoms with Crippen LogP contribution in [0, 0.1) is 0 Å². The normalized spacial score (nSPS) is 16.1. The van der Waals surface area contributed by atoms with Gasteiger partial charge in [-0.05, 0) is 42.1 Å². The number of benzene rings is 1. The largest absolute Gasteiger partial charge is 0.478 e. The number of nitrogens with two attached hydrogens (primary N) is 1. The summed E-state index contributed by atoms with van der Waals surface area (Å²) in [4.78, 5) is 26.1. The number of hydrogen-bond acceptors (Lipinski definition) is 5. The molecule has 0 fully saturated rings. The molecule has 110 valence electrons. The summed E-state index contributed by atoms with van der Waals surface area (Å²) in [6.07, 6.45) is 1.64. The van der Waals surface area contributed by atoms with Gasteiger partial charge in [0.1, 0.15) is 17.4 Å². The fourth-order valence-electron chi connectivity index (χ4n) is 1.92. The van der Waals surface area contributed by atoms with Crippen LogP contribution in [0.1, 0.15) is 16.1 Å². The first-order valence-electron chi connectivity index (χ1n) is 6.24. The van der Waals surface area contributed by atoms with E-state index in [1.54, 1.807) is 30.3 Å². The third kappa shape index (κ3) is 2.79. The van der Waals surface area contributed by atoms with Crippen LogP contribution in [0.2, 0.25) is 0 Å². The molecule has 0 unspecified atom stereocenters. The van der Waals surface area contributed by atoms with E-state index in [0.29, 0.717) is 16.4 Å². The minimum absolute atomic E-state index is 0.179. The number of furan rings is 1. The van der Waals surface area contributed by atoms with Crippen LogP contribution >= 0.6 is 11.8 Å². The van der Waals surface area contributed by atoms with Gasteiger partial charge in [0, 0.05) is 5.56 Å². The molecule has 1 aliphatic rings. The number of carboxylic acid groups (broad SMARTS) is 1. The van der Waals surface area contributed by atoms with Crippen LogP contribution in [-0.2, 0) is 0 Å². The molecule has 3 N–H and O–H groups in total. The fourth-order valence-corrected chi connectivity index (χ4v) is 2.58. The lowest BCUT2D eigenvalue weighted by Crippen LogP contribution is -2.08. The van der Waals surface area contributed by atoms with Gasteiger partial charge < -0.3 is 15.3 Å². The third-order valence-electron chi connectivity index (χ3n) is 2.98. The lowest BCUT2D eigenvalue weighted by Gasteiger charge is -1.98. The Bertz CT molecular complexity index is 818. The van der Waals surface area contributed by atoms with Crippen molar-refractivity contribution in [1.82, 2.24) is 0 Å². The Hall–Kier alpha value is -2.80. The quantitative estimate of drug-likeness (QED) is 0.901. The highest BCUT2D eigenvalue weighted by molar-refractivity contribution is 8.18. The fraction of sp³-hybridized carbons (Fsp3) is 0. The van der Waals surface area contributed by atoms with Crippen molar-refractivity contribution in [3.8, 4) is 11.3 Å². The maximum atomic E-state index is 11.1. The molecule has 1 amide bonds. The van der Waals surface area contributed by atoms with Crippen LogP contribution < -0.4 is 5.73 Å². The van der Waals surface area contributed by atoms with E-state index in [1.165, 1.54) is 12.1 Å². The Morgan fingerprint density at radius 1 is 1.23 bits per heavy atom. The van der Waals surface area contributed by atoms with Crippen molar-refractivity contribution >= 4 is 34.9 Å². The molecule has 1 aromatic carbocycles. The average molecular weight is 314 g/mol. The van der Waals surface area contributed by atoms with Crippen molar-refractivity contribution in [2.75, 3.05) is 0 Å². The monoisotopic (exact) mass is 314 g/mol. The van der Waals surface area contributed by atoms with Gasteiger partial charge in [0.15, 0.2) is 0 Å². The molecule has 0 spiro atoms. The molecule has 7 heteroatoms. The molecule has 0 saturated carbocycles. The van der Waals surface area contributed by atoms with Gasteiger partial charge in [0.2, 0.25) is 0 Å². The molecular weight excluding hydrogens is 304 g/mol. The molecule has 1 aliphatic heterocycles. The molecule has 0 aliphatic carbocycles. The van der Waals surface area contributed by atoms with Crippen molar-refractivity contribution in [2.45, 2.75) is 0 Å².